The highest BCUT2D eigenvalue weighted by molar-refractivity contribution is 7.92. The first-order chi connectivity index (χ1) is 21.4. The van der Waals surface area contributed by atoms with E-state index in [1.807, 2.05) is 51.1 Å². The highest BCUT2D eigenvalue weighted by Gasteiger charge is 2.35. The van der Waals surface area contributed by atoms with Gasteiger partial charge in [-0.05, 0) is 74.7 Å². The minimum atomic E-state index is -4.18. The van der Waals surface area contributed by atoms with Crippen molar-refractivity contribution < 1.29 is 18.0 Å². The van der Waals surface area contributed by atoms with Crippen molar-refractivity contribution in [3.05, 3.63) is 129 Å². The molecule has 0 aliphatic rings. The third-order valence-corrected chi connectivity index (χ3v) is 9.82. The third-order valence-electron chi connectivity index (χ3n) is 7.31. The Labute approximate surface area is 275 Å². The molecular weight excluding hydrogens is 629 g/mol. The van der Waals surface area contributed by atoms with E-state index >= 15 is 0 Å². The molecule has 45 heavy (non-hydrogen) atoms. The minimum Gasteiger partial charge on any atom is -0.352 e. The lowest BCUT2D eigenvalue weighted by molar-refractivity contribution is -0.140. The molecule has 0 saturated carbocycles. The van der Waals surface area contributed by atoms with Crippen LogP contribution in [0.5, 0.6) is 0 Å². The van der Waals surface area contributed by atoms with Gasteiger partial charge in [0.2, 0.25) is 11.8 Å². The molecule has 0 heterocycles. The Morgan fingerprint density at radius 1 is 0.800 bits per heavy atom. The molecule has 4 aromatic rings. The molecule has 0 radical (unpaired) electrons. The Morgan fingerprint density at radius 3 is 2.07 bits per heavy atom. The number of para-hydroxylation sites is 1. The number of carbonyl (C=O) groups excluding carboxylic acids is 2. The van der Waals surface area contributed by atoms with Crippen LogP contribution in [0.4, 0.5) is 5.69 Å². The van der Waals surface area contributed by atoms with Crippen LogP contribution in [0, 0.1) is 13.8 Å². The van der Waals surface area contributed by atoms with Crippen LogP contribution in [-0.2, 0) is 32.6 Å². The summed E-state index contributed by atoms with van der Waals surface area (Å²) in [6.07, 6.45) is 0.210. The van der Waals surface area contributed by atoms with Crippen LogP contribution in [0.25, 0.3) is 0 Å². The fourth-order valence-corrected chi connectivity index (χ4v) is 6.76. The maximum Gasteiger partial charge on any atom is 0.264 e. The summed E-state index contributed by atoms with van der Waals surface area (Å²) in [6, 6.07) is 26.7. The normalized spacial score (nSPS) is 12.1. The quantitative estimate of drug-likeness (QED) is 0.177. The molecule has 0 bridgehead atoms. The maximum atomic E-state index is 14.5. The number of carbonyl (C=O) groups is 2. The monoisotopic (exact) mass is 665 g/mol. The van der Waals surface area contributed by atoms with E-state index in [-0.39, 0.29) is 29.8 Å². The van der Waals surface area contributed by atoms with Gasteiger partial charge in [0, 0.05) is 19.0 Å². The summed E-state index contributed by atoms with van der Waals surface area (Å²) in [6.45, 7) is 6.80. The lowest BCUT2D eigenvalue weighted by Crippen LogP contribution is -2.54. The fourth-order valence-electron chi connectivity index (χ4n) is 4.96. The van der Waals surface area contributed by atoms with Crippen molar-refractivity contribution in [1.82, 2.24) is 10.2 Å². The number of nitrogens with one attached hydrogen (secondary N) is 1. The number of halogens is 2. The second-order valence-electron chi connectivity index (χ2n) is 11.3. The summed E-state index contributed by atoms with van der Waals surface area (Å²) in [5, 5.41) is 3.60. The second-order valence-corrected chi connectivity index (χ2v) is 13.9. The van der Waals surface area contributed by atoms with Gasteiger partial charge in [-0.15, -0.1) is 0 Å². The van der Waals surface area contributed by atoms with Gasteiger partial charge in [-0.25, -0.2) is 8.42 Å². The third kappa shape index (κ3) is 8.66. The predicted octanol–water partition coefficient (Wildman–Crippen LogP) is 6.97. The van der Waals surface area contributed by atoms with E-state index in [9.17, 15) is 18.0 Å². The van der Waals surface area contributed by atoms with Gasteiger partial charge in [-0.3, -0.25) is 13.9 Å². The molecule has 0 spiro atoms. The summed E-state index contributed by atoms with van der Waals surface area (Å²) < 4.78 is 29.5. The van der Waals surface area contributed by atoms with Crippen LogP contribution >= 0.6 is 23.2 Å². The molecule has 10 heteroatoms. The molecular formula is C35H37Cl2N3O4S. The SMILES string of the molecule is Cc1ccc(S(=O)(=O)N(CC(=O)N(Cc2ccc(Cl)c(Cl)c2)[C@H](Cc2ccccc2)C(=O)NC(C)C)c2ccccc2C)cc1. The van der Waals surface area contributed by atoms with Gasteiger partial charge in [0.25, 0.3) is 10.0 Å². The van der Waals surface area contributed by atoms with E-state index < -0.39 is 28.5 Å². The first-order valence-corrected chi connectivity index (χ1v) is 16.8. The Morgan fingerprint density at radius 2 is 1.44 bits per heavy atom. The van der Waals surface area contributed by atoms with Crippen molar-refractivity contribution in [2.45, 2.75) is 57.6 Å². The lowest BCUT2D eigenvalue weighted by Gasteiger charge is -2.34. The molecule has 4 aromatic carbocycles. The average Bonchev–Trinajstić information content (AvgIpc) is 3.00. The molecule has 0 unspecified atom stereocenters. The van der Waals surface area contributed by atoms with Gasteiger partial charge in [-0.1, -0.05) is 95.5 Å². The Balaban J connectivity index is 1.83. The molecule has 7 nitrogen and oxygen atoms in total. The number of aryl methyl sites for hydroxylation is 2. The van der Waals surface area contributed by atoms with Crippen LogP contribution in [0.15, 0.2) is 102 Å². The van der Waals surface area contributed by atoms with Crippen molar-refractivity contribution in [1.29, 1.82) is 0 Å². The average molecular weight is 667 g/mol. The Bertz CT molecular complexity index is 1750. The summed E-state index contributed by atoms with van der Waals surface area (Å²) in [5.41, 5.74) is 3.43. The van der Waals surface area contributed by atoms with Crippen LogP contribution in [-0.4, -0.2) is 43.8 Å². The van der Waals surface area contributed by atoms with Crippen molar-refractivity contribution in [3.8, 4) is 0 Å². The van der Waals surface area contributed by atoms with Crippen molar-refractivity contribution in [2.75, 3.05) is 10.8 Å². The fraction of sp³-hybridized carbons (Fsp3) is 0.257. The predicted molar refractivity (Wildman–Crippen MR) is 181 cm³/mol. The Hall–Kier alpha value is -3.85. The summed E-state index contributed by atoms with van der Waals surface area (Å²) in [4.78, 5) is 29.8. The van der Waals surface area contributed by atoms with Crippen LogP contribution in [0.1, 0.15) is 36.1 Å². The zero-order valence-electron chi connectivity index (χ0n) is 25.7. The number of hydrogen-bond donors (Lipinski definition) is 1. The van der Waals surface area contributed by atoms with Crippen LogP contribution in [0.2, 0.25) is 10.0 Å². The van der Waals surface area contributed by atoms with E-state index in [2.05, 4.69) is 5.32 Å². The van der Waals surface area contributed by atoms with Crippen molar-refractivity contribution in [2.24, 2.45) is 0 Å². The molecule has 0 saturated heterocycles. The number of anilines is 1. The highest BCUT2D eigenvalue weighted by Crippen LogP contribution is 2.29. The van der Waals surface area contributed by atoms with E-state index in [0.717, 1.165) is 15.4 Å². The molecule has 0 fully saturated rings. The van der Waals surface area contributed by atoms with Gasteiger partial charge < -0.3 is 10.2 Å². The number of amides is 2. The molecule has 4 rings (SSSR count). The second kappa shape index (κ2) is 15.0. The van der Waals surface area contributed by atoms with Gasteiger partial charge in [0.15, 0.2) is 0 Å². The van der Waals surface area contributed by atoms with Gasteiger partial charge >= 0.3 is 0 Å². The van der Waals surface area contributed by atoms with E-state index in [0.29, 0.717) is 26.9 Å². The maximum absolute atomic E-state index is 14.5. The first kappa shape index (κ1) is 34.0. The summed E-state index contributed by atoms with van der Waals surface area (Å²) >= 11 is 12.5. The summed E-state index contributed by atoms with van der Waals surface area (Å²) in [5.74, 6) is -0.911. The zero-order valence-corrected chi connectivity index (χ0v) is 28.0. The number of hydrogen-bond acceptors (Lipinski definition) is 4. The van der Waals surface area contributed by atoms with E-state index in [1.165, 1.54) is 17.0 Å². The van der Waals surface area contributed by atoms with Crippen LogP contribution in [0.3, 0.4) is 0 Å². The number of sulfonamides is 1. The zero-order chi connectivity index (χ0) is 32.7. The Kier molecular flexibility index (Phi) is 11.3. The summed E-state index contributed by atoms with van der Waals surface area (Å²) in [7, 11) is -4.18. The molecule has 236 valence electrons. The number of rotatable bonds is 12. The molecule has 0 aliphatic carbocycles. The molecule has 1 N–H and O–H groups in total. The highest BCUT2D eigenvalue weighted by atomic mass is 35.5. The van der Waals surface area contributed by atoms with Crippen molar-refractivity contribution >= 4 is 50.7 Å². The topological polar surface area (TPSA) is 86.8 Å². The molecule has 1 atom stereocenters. The molecule has 0 aliphatic heterocycles. The molecule has 2 amide bonds. The lowest BCUT2D eigenvalue weighted by atomic mass is 10.0. The van der Waals surface area contributed by atoms with E-state index in [1.54, 1.807) is 61.5 Å². The first-order valence-electron chi connectivity index (χ1n) is 14.6. The number of nitrogens with zero attached hydrogens (tertiary/aromatic N) is 2. The van der Waals surface area contributed by atoms with E-state index in [4.69, 9.17) is 23.2 Å². The number of benzene rings is 4. The van der Waals surface area contributed by atoms with Crippen molar-refractivity contribution in [3.63, 3.8) is 0 Å². The van der Waals surface area contributed by atoms with Gasteiger partial charge in [0.05, 0.1) is 20.6 Å². The minimum absolute atomic E-state index is 0.00900. The standard InChI is InChI=1S/C35H37Cl2N3O4S/c1-24(2)38-35(42)33(21-27-11-6-5-7-12-27)39(22-28-16-19-30(36)31(37)20-28)34(41)23-40(32-13-9-8-10-26(32)4)45(43,44)29-17-14-25(3)15-18-29/h5-20,24,33H,21-23H2,1-4H3,(H,38,42)/t33-/m1/s1. The largest absolute Gasteiger partial charge is 0.352 e. The van der Waals surface area contributed by atoms with Gasteiger partial charge in [-0.2, -0.15) is 0 Å². The van der Waals surface area contributed by atoms with Crippen LogP contribution < -0.4 is 9.62 Å². The molecule has 0 aromatic heterocycles. The van der Waals surface area contributed by atoms with Gasteiger partial charge in [0.1, 0.15) is 12.6 Å². The smallest absolute Gasteiger partial charge is 0.264 e.